The van der Waals surface area contributed by atoms with E-state index in [0.717, 1.165) is 24.5 Å². The molecule has 4 rings (SSSR count). The lowest BCUT2D eigenvalue weighted by atomic mass is 10.1. The number of piperazine rings is 1. The Kier molecular flexibility index (Phi) is 6.17. The lowest BCUT2D eigenvalue weighted by Gasteiger charge is -2.36. The zero-order valence-corrected chi connectivity index (χ0v) is 17.5. The molecule has 1 saturated heterocycles. The first-order valence-corrected chi connectivity index (χ1v) is 10.3. The van der Waals surface area contributed by atoms with Gasteiger partial charge in [-0.3, -0.25) is 9.59 Å². The first-order valence-electron chi connectivity index (χ1n) is 10.3. The summed E-state index contributed by atoms with van der Waals surface area (Å²) in [6.45, 7) is 2.85. The highest BCUT2D eigenvalue weighted by molar-refractivity contribution is 6.04. The van der Waals surface area contributed by atoms with Gasteiger partial charge in [0.1, 0.15) is 5.75 Å². The number of benzene rings is 3. The van der Waals surface area contributed by atoms with Crippen LogP contribution in [-0.2, 0) is 0 Å². The summed E-state index contributed by atoms with van der Waals surface area (Å²) in [5.74, 6) is 0.662. The Balaban J connectivity index is 1.34. The van der Waals surface area contributed by atoms with Gasteiger partial charge in [-0.25, -0.2) is 0 Å². The van der Waals surface area contributed by atoms with Crippen LogP contribution in [0.3, 0.4) is 0 Å². The number of carbonyl (C=O) groups is 2. The lowest BCUT2D eigenvalue weighted by Crippen LogP contribution is -2.48. The number of rotatable bonds is 5. The van der Waals surface area contributed by atoms with Gasteiger partial charge >= 0.3 is 0 Å². The van der Waals surface area contributed by atoms with Crippen LogP contribution in [0.1, 0.15) is 20.7 Å². The predicted molar refractivity (Wildman–Crippen MR) is 122 cm³/mol. The van der Waals surface area contributed by atoms with Crippen molar-refractivity contribution in [1.82, 2.24) is 4.90 Å². The van der Waals surface area contributed by atoms with Crippen LogP contribution >= 0.6 is 0 Å². The van der Waals surface area contributed by atoms with Gasteiger partial charge in [-0.2, -0.15) is 0 Å². The van der Waals surface area contributed by atoms with Crippen LogP contribution in [0.15, 0.2) is 78.9 Å². The molecule has 1 aliphatic rings. The summed E-state index contributed by atoms with van der Waals surface area (Å²) in [6.07, 6.45) is 0. The van der Waals surface area contributed by atoms with Gasteiger partial charge in [0.05, 0.1) is 7.11 Å². The van der Waals surface area contributed by atoms with Crippen molar-refractivity contribution in [2.75, 3.05) is 43.5 Å². The third-order valence-corrected chi connectivity index (χ3v) is 5.41. The minimum absolute atomic E-state index is 0.00577. The average Bonchev–Trinajstić information content (AvgIpc) is 2.85. The molecule has 1 heterocycles. The van der Waals surface area contributed by atoms with E-state index < -0.39 is 0 Å². The highest BCUT2D eigenvalue weighted by Gasteiger charge is 2.22. The van der Waals surface area contributed by atoms with Crippen LogP contribution in [0.25, 0.3) is 0 Å². The van der Waals surface area contributed by atoms with Crippen molar-refractivity contribution in [2.24, 2.45) is 0 Å². The summed E-state index contributed by atoms with van der Waals surface area (Å²) in [4.78, 5) is 29.3. The monoisotopic (exact) mass is 415 g/mol. The van der Waals surface area contributed by atoms with Gasteiger partial charge in [0.2, 0.25) is 0 Å². The zero-order chi connectivity index (χ0) is 21.6. The Morgan fingerprint density at radius 3 is 2.19 bits per heavy atom. The SMILES string of the molecule is COc1cccc(N2CCN(C(=O)c3ccc(NC(=O)c4ccccc4)cc3)CC2)c1. The summed E-state index contributed by atoms with van der Waals surface area (Å²) in [5, 5.41) is 2.86. The first kappa shape index (κ1) is 20.5. The maximum Gasteiger partial charge on any atom is 0.255 e. The van der Waals surface area contributed by atoms with E-state index >= 15 is 0 Å². The number of ether oxygens (including phenoxy) is 1. The fourth-order valence-corrected chi connectivity index (χ4v) is 3.65. The molecule has 6 heteroatoms. The van der Waals surface area contributed by atoms with E-state index in [9.17, 15) is 9.59 Å². The molecule has 1 fully saturated rings. The van der Waals surface area contributed by atoms with Crippen LogP contribution < -0.4 is 15.0 Å². The van der Waals surface area contributed by atoms with Crippen molar-refractivity contribution in [3.8, 4) is 5.75 Å². The van der Waals surface area contributed by atoms with Crippen LogP contribution in [-0.4, -0.2) is 50.0 Å². The third-order valence-electron chi connectivity index (χ3n) is 5.41. The molecule has 31 heavy (non-hydrogen) atoms. The Labute approximate surface area is 182 Å². The molecule has 0 radical (unpaired) electrons. The first-order chi connectivity index (χ1) is 15.1. The van der Waals surface area contributed by atoms with Crippen molar-refractivity contribution in [3.63, 3.8) is 0 Å². The topological polar surface area (TPSA) is 61.9 Å². The van der Waals surface area contributed by atoms with E-state index in [1.54, 1.807) is 43.5 Å². The molecule has 0 bridgehead atoms. The Hall–Kier alpha value is -3.80. The molecule has 2 amide bonds. The largest absolute Gasteiger partial charge is 0.497 e. The average molecular weight is 415 g/mol. The molecule has 0 unspecified atom stereocenters. The Bertz CT molecular complexity index is 1040. The predicted octanol–water partition coefficient (Wildman–Crippen LogP) is 3.91. The standard InChI is InChI=1S/C25H25N3O3/c1-31-23-9-5-8-22(18-23)27-14-16-28(17-15-27)25(30)20-10-12-21(13-11-20)26-24(29)19-6-3-2-4-7-19/h2-13,18H,14-17H2,1H3,(H,26,29). The van der Waals surface area contributed by atoms with Crippen LogP contribution in [0.4, 0.5) is 11.4 Å². The fraction of sp³-hybridized carbons (Fsp3) is 0.200. The van der Waals surface area contributed by atoms with Gasteiger partial charge < -0.3 is 19.9 Å². The Morgan fingerprint density at radius 1 is 0.806 bits per heavy atom. The van der Waals surface area contributed by atoms with Crippen LogP contribution in [0.2, 0.25) is 0 Å². The normalized spacial score (nSPS) is 13.6. The molecule has 3 aromatic carbocycles. The maximum atomic E-state index is 12.9. The van der Waals surface area contributed by atoms with Crippen molar-refractivity contribution in [3.05, 3.63) is 90.0 Å². The van der Waals surface area contributed by atoms with E-state index in [-0.39, 0.29) is 11.8 Å². The molecular formula is C25H25N3O3. The number of anilines is 2. The number of methoxy groups -OCH3 is 1. The van der Waals surface area contributed by atoms with E-state index in [1.807, 2.05) is 41.3 Å². The molecule has 158 valence electrons. The molecule has 1 aliphatic heterocycles. The number of nitrogens with zero attached hydrogens (tertiary/aromatic N) is 2. The van der Waals surface area contributed by atoms with Crippen molar-refractivity contribution in [2.45, 2.75) is 0 Å². The number of amides is 2. The maximum absolute atomic E-state index is 12.9. The number of hydrogen-bond acceptors (Lipinski definition) is 4. The van der Waals surface area contributed by atoms with Crippen LogP contribution in [0.5, 0.6) is 5.75 Å². The minimum atomic E-state index is -0.173. The molecule has 3 aromatic rings. The molecule has 0 spiro atoms. The van der Waals surface area contributed by atoms with E-state index in [2.05, 4.69) is 16.3 Å². The molecule has 6 nitrogen and oxygen atoms in total. The summed E-state index contributed by atoms with van der Waals surface area (Å²) in [6, 6.07) is 24.1. The van der Waals surface area contributed by atoms with E-state index in [0.29, 0.717) is 29.9 Å². The molecule has 1 N–H and O–H groups in total. The molecule has 0 aliphatic carbocycles. The number of nitrogens with one attached hydrogen (secondary N) is 1. The number of hydrogen-bond donors (Lipinski definition) is 1. The van der Waals surface area contributed by atoms with Gasteiger partial charge in [0, 0.05) is 54.7 Å². The second-order valence-electron chi connectivity index (χ2n) is 7.38. The van der Waals surface area contributed by atoms with Gasteiger partial charge in [0.25, 0.3) is 11.8 Å². The second kappa shape index (κ2) is 9.34. The summed E-state index contributed by atoms with van der Waals surface area (Å²) in [7, 11) is 1.66. The van der Waals surface area contributed by atoms with Crippen LogP contribution in [0, 0.1) is 0 Å². The third kappa shape index (κ3) is 4.86. The highest BCUT2D eigenvalue weighted by atomic mass is 16.5. The zero-order valence-electron chi connectivity index (χ0n) is 17.5. The lowest BCUT2D eigenvalue weighted by molar-refractivity contribution is 0.0746. The molecular weight excluding hydrogens is 390 g/mol. The van der Waals surface area contributed by atoms with Gasteiger partial charge in [0.15, 0.2) is 0 Å². The number of carbonyl (C=O) groups excluding carboxylic acids is 2. The van der Waals surface area contributed by atoms with Gasteiger partial charge in [-0.15, -0.1) is 0 Å². The molecule has 0 atom stereocenters. The highest BCUT2D eigenvalue weighted by Crippen LogP contribution is 2.22. The Morgan fingerprint density at radius 2 is 1.52 bits per heavy atom. The summed E-state index contributed by atoms with van der Waals surface area (Å²) < 4.78 is 5.30. The molecule has 0 saturated carbocycles. The fourth-order valence-electron chi connectivity index (χ4n) is 3.65. The van der Waals surface area contributed by atoms with Gasteiger partial charge in [-0.05, 0) is 48.5 Å². The van der Waals surface area contributed by atoms with Crippen molar-refractivity contribution < 1.29 is 14.3 Å². The quantitative estimate of drug-likeness (QED) is 0.686. The molecule has 0 aromatic heterocycles. The van der Waals surface area contributed by atoms with Crippen molar-refractivity contribution >= 4 is 23.2 Å². The minimum Gasteiger partial charge on any atom is -0.497 e. The summed E-state index contributed by atoms with van der Waals surface area (Å²) in [5.41, 5.74) is 2.97. The van der Waals surface area contributed by atoms with E-state index in [1.165, 1.54) is 0 Å². The smallest absolute Gasteiger partial charge is 0.255 e. The van der Waals surface area contributed by atoms with E-state index in [4.69, 9.17) is 4.74 Å². The summed E-state index contributed by atoms with van der Waals surface area (Å²) >= 11 is 0. The van der Waals surface area contributed by atoms with Crippen molar-refractivity contribution in [1.29, 1.82) is 0 Å². The second-order valence-corrected chi connectivity index (χ2v) is 7.38. The van der Waals surface area contributed by atoms with Gasteiger partial charge in [-0.1, -0.05) is 24.3 Å².